The van der Waals surface area contributed by atoms with Crippen molar-refractivity contribution < 1.29 is 19.3 Å². The topological polar surface area (TPSA) is 165 Å². The minimum absolute atomic E-state index is 0.155. The van der Waals surface area contributed by atoms with Crippen LogP contribution in [0.3, 0.4) is 0 Å². The van der Waals surface area contributed by atoms with E-state index in [0.29, 0.717) is 46.8 Å². The molecular weight excluding hydrogens is 504 g/mol. The van der Waals surface area contributed by atoms with Crippen molar-refractivity contribution in [3.05, 3.63) is 53.0 Å². The molecule has 0 radical (unpaired) electrons. The number of nitrogens with zero attached hydrogens (tertiary/aromatic N) is 5. The fourth-order valence-corrected chi connectivity index (χ4v) is 4.32. The van der Waals surface area contributed by atoms with Gasteiger partial charge in [0.15, 0.2) is 23.0 Å². The summed E-state index contributed by atoms with van der Waals surface area (Å²) in [5.41, 5.74) is 0.373. The first-order chi connectivity index (χ1) is 18.7. The van der Waals surface area contributed by atoms with Crippen molar-refractivity contribution in [2.24, 2.45) is 13.0 Å². The minimum atomic E-state index is -1.73. The molecule has 5 aromatic rings. The molecule has 4 N–H and O–H groups in total. The predicted molar refractivity (Wildman–Crippen MR) is 145 cm³/mol. The quantitative estimate of drug-likeness (QED) is 0.155. The smallest absolute Gasteiger partial charge is 0.261 e. The van der Waals surface area contributed by atoms with E-state index >= 15 is 0 Å². The zero-order valence-electron chi connectivity index (χ0n) is 22.3. The summed E-state index contributed by atoms with van der Waals surface area (Å²) in [6, 6.07) is 5.14. The molecule has 4 heterocycles. The summed E-state index contributed by atoms with van der Waals surface area (Å²) in [6.45, 7) is 4.39. The third-order valence-electron chi connectivity index (χ3n) is 6.40. The zero-order valence-corrected chi connectivity index (χ0v) is 22.3. The van der Waals surface area contributed by atoms with E-state index in [-0.39, 0.29) is 22.9 Å². The fraction of sp³-hybridized carbons (Fsp3) is 0.346. The van der Waals surface area contributed by atoms with Crippen LogP contribution in [0.25, 0.3) is 33.5 Å². The third kappa shape index (κ3) is 4.77. The summed E-state index contributed by atoms with van der Waals surface area (Å²) in [4.78, 5) is 32.9. The molecule has 0 amide bonds. The first kappa shape index (κ1) is 26.1. The maximum absolute atomic E-state index is 13.5. The van der Waals surface area contributed by atoms with Crippen LogP contribution in [0, 0.1) is 5.92 Å². The van der Waals surface area contributed by atoms with Gasteiger partial charge < -0.3 is 34.6 Å². The number of H-pyrrole nitrogens is 2. The Hall–Kier alpha value is -4.49. The molecule has 0 saturated heterocycles. The number of nitrogens with one attached hydrogen (secondary N) is 3. The number of hydrogen-bond acceptors (Lipinski definition) is 10. The highest BCUT2D eigenvalue weighted by Crippen LogP contribution is 2.37. The Morgan fingerprint density at radius 1 is 1.10 bits per heavy atom. The van der Waals surface area contributed by atoms with Crippen LogP contribution in [0.2, 0.25) is 0 Å². The molecule has 5 rings (SSSR count). The maximum Gasteiger partial charge on any atom is 0.261 e. The fourth-order valence-electron chi connectivity index (χ4n) is 4.32. The van der Waals surface area contributed by atoms with Crippen molar-refractivity contribution in [3.63, 3.8) is 0 Å². The van der Waals surface area contributed by atoms with Crippen molar-refractivity contribution in [1.82, 2.24) is 34.7 Å². The Balaban J connectivity index is 1.70. The van der Waals surface area contributed by atoms with Gasteiger partial charge in [0.25, 0.3) is 5.56 Å². The highest BCUT2D eigenvalue weighted by atomic mass is 16.5. The zero-order chi connectivity index (χ0) is 27.7. The van der Waals surface area contributed by atoms with Crippen LogP contribution >= 0.6 is 0 Å². The van der Waals surface area contributed by atoms with Crippen LogP contribution in [-0.4, -0.2) is 67.2 Å². The van der Waals surface area contributed by atoms with Gasteiger partial charge >= 0.3 is 0 Å². The molecule has 0 spiro atoms. The first-order valence-electron chi connectivity index (χ1n) is 12.3. The number of ether oxygens (including phenoxy) is 3. The second kappa shape index (κ2) is 10.3. The number of aromatic amines is 2. The number of methoxy groups -OCH3 is 2. The van der Waals surface area contributed by atoms with Crippen molar-refractivity contribution in [3.8, 4) is 22.9 Å². The van der Waals surface area contributed by atoms with E-state index < -0.39 is 17.2 Å². The van der Waals surface area contributed by atoms with Gasteiger partial charge in [-0.25, -0.2) is 15.0 Å². The van der Waals surface area contributed by atoms with Crippen LogP contribution in [0.1, 0.15) is 19.7 Å². The van der Waals surface area contributed by atoms with E-state index in [1.165, 1.54) is 7.11 Å². The Morgan fingerprint density at radius 2 is 1.87 bits per heavy atom. The summed E-state index contributed by atoms with van der Waals surface area (Å²) in [5, 5.41) is 19.5. The number of aliphatic hydroxyl groups is 1. The molecular formula is C26H30N8O5. The Labute approximate surface area is 223 Å². The second-order valence-corrected chi connectivity index (χ2v) is 9.33. The van der Waals surface area contributed by atoms with E-state index in [9.17, 15) is 9.90 Å². The highest BCUT2D eigenvalue weighted by molar-refractivity contribution is 5.97. The molecule has 0 fully saturated rings. The lowest BCUT2D eigenvalue weighted by molar-refractivity contribution is 0.0103. The van der Waals surface area contributed by atoms with E-state index in [1.807, 2.05) is 13.8 Å². The van der Waals surface area contributed by atoms with Gasteiger partial charge in [0.05, 0.1) is 36.0 Å². The largest absolute Gasteiger partial charge is 0.493 e. The standard InChI is InChI=1S/C26H30N8O5/c1-14(2)26(36,25-27-7-6-8-28-25)32-22-20(24(35)31-17-13-34(3)33-21(17)22)23-29-15-11-18(38-5)19(12-16(15)30-23)39-10-9-37-4/h6-8,11-14,32,36H,9-10H2,1-5H3,(H,29,30)(H,31,35)/t26-/m0/s1. The van der Waals surface area contributed by atoms with Crippen LogP contribution in [-0.2, 0) is 17.5 Å². The van der Waals surface area contributed by atoms with Crippen LogP contribution in [0.15, 0.2) is 41.6 Å². The molecule has 1 atom stereocenters. The van der Waals surface area contributed by atoms with E-state index in [2.05, 4.69) is 35.3 Å². The second-order valence-electron chi connectivity index (χ2n) is 9.33. The molecule has 0 aliphatic heterocycles. The molecule has 4 aromatic heterocycles. The number of rotatable bonds is 10. The van der Waals surface area contributed by atoms with Crippen LogP contribution in [0.5, 0.6) is 11.5 Å². The molecule has 0 aliphatic rings. The molecule has 13 heteroatoms. The van der Waals surface area contributed by atoms with Gasteiger partial charge in [-0.15, -0.1) is 0 Å². The molecule has 0 unspecified atom stereocenters. The lowest BCUT2D eigenvalue weighted by atomic mass is 9.97. The average molecular weight is 535 g/mol. The summed E-state index contributed by atoms with van der Waals surface area (Å²) >= 11 is 0. The summed E-state index contributed by atoms with van der Waals surface area (Å²) in [6.07, 6.45) is 4.78. The Kier molecular flexibility index (Phi) is 6.93. The van der Waals surface area contributed by atoms with Crippen molar-refractivity contribution >= 4 is 27.8 Å². The molecule has 1 aromatic carbocycles. The molecule has 0 bridgehead atoms. The normalized spacial score (nSPS) is 13.2. The molecule has 39 heavy (non-hydrogen) atoms. The Bertz CT molecular complexity index is 1680. The van der Waals surface area contributed by atoms with Gasteiger partial charge in [-0.3, -0.25) is 9.48 Å². The maximum atomic E-state index is 13.5. The molecule has 0 aliphatic carbocycles. The number of aromatic nitrogens is 7. The van der Waals surface area contributed by atoms with Gasteiger partial charge in [0.1, 0.15) is 23.5 Å². The molecule has 13 nitrogen and oxygen atoms in total. The molecule has 0 saturated carbocycles. The number of hydrogen-bond donors (Lipinski definition) is 4. The van der Waals surface area contributed by atoms with Gasteiger partial charge in [0.2, 0.25) is 0 Å². The van der Waals surface area contributed by atoms with Crippen LogP contribution < -0.4 is 20.3 Å². The van der Waals surface area contributed by atoms with Crippen LogP contribution in [0.4, 0.5) is 5.69 Å². The lowest BCUT2D eigenvalue weighted by Crippen LogP contribution is -2.42. The van der Waals surface area contributed by atoms with Gasteiger partial charge in [-0.2, -0.15) is 5.10 Å². The SMILES string of the molecule is COCCOc1cc2[nH]c(-c3c(N[C@@](O)(c4ncccn4)C(C)C)c4nn(C)cc4[nH]c3=O)nc2cc1OC. The third-order valence-corrected chi connectivity index (χ3v) is 6.40. The highest BCUT2D eigenvalue weighted by Gasteiger charge is 2.38. The van der Waals surface area contributed by atoms with E-state index in [4.69, 9.17) is 14.2 Å². The molecule has 204 valence electrons. The first-order valence-corrected chi connectivity index (χ1v) is 12.3. The number of pyridine rings is 1. The van der Waals surface area contributed by atoms with Gasteiger partial charge in [0, 0.05) is 50.8 Å². The predicted octanol–water partition coefficient (Wildman–Crippen LogP) is 2.54. The summed E-state index contributed by atoms with van der Waals surface area (Å²) < 4.78 is 17.9. The number of aryl methyl sites for hydroxylation is 1. The number of fused-ring (bicyclic) bond motifs is 2. The van der Waals surface area contributed by atoms with Crippen molar-refractivity contribution in [2.75, 3.05) is 32.8 Å². The van der Waals surface area contributed by atoms with Gasteiger partial charge in [-0.1, -0.05) is 13.8 Å². The summed E-state index contributed by atoms with van der Waals surface area (Å²) in [5.74, 6) is 1.01. The monoisotopic (exact) mass is 534 g/mol. The number of imidazole rings is 1. The van der Waals surface area contributed by atoms with Gasteiger partial charge in [-0.05, 0) is 6.07 Å². The lowest BCUT2D eigenvalue weighted by Gasteiger charge is -2.32. The van der Waals surface area contributed by atoms with E-state index in [0.717, 1.165) is 0 Å². The van der Waals surface area contributed by atoms with Crippen molar-refractivity contribution in [1.29, 1.82) is 0 Å². The Morgan fingerprint density at radius 3 is 2.56 bits per heavy atom. The summed E-state index contributed by atoms with van der Waals surface area (Å²) in [7, 11) is 4.88. The number of benzene rings is 1. The minimum Gasteiger partial charge on any atom is -0.493 e. The van der Waals surface area contributed by atoms with E-state index in [1.54, 1.807) is 55.6 Å². The van der Waals surface area contributed by atoms with Crippen molar-refractivity contribution in [2.45, 2.75) is 19.6 Å². The average Bonchev–Trinajstić information content (AvgIpc) is 3.50. The number of anilines is 1.